The monoisotopic (exact) mass is 390 g/mol. The van der Waals surface area contributed by atoms with Crippen molar-refractivity contribution in [1.29, 1.82) is 0 Å². The molecule has 1 N–H and O–H groups in total. The van der Waals surface area contributed by atoms with Crippen LogP contribution in [0.1, 0.15) is 43.6 Å². The number of nitrogens with one attached hydrogen (secondary N) is 1. The lowest BCUT2D eigenvalue weighted by molar-refractivity contribution is -0.104. The van der Waals surface area contributed by atoms with Gasteiger partial charge in [0.15, 0.2) is 0 Å². The van der Waals surface area contributed by atoms with E-state index in [9.17, 15) is 0 Å². The number of likely N-dealkylation sites (tertiary alicyclic amines) is 1. The van der Waals surface area contributed by atoms with Crippen LogP contribution in [0.15, 0.2) is 30.3 Å². The van der Waals surface area contributed by atoms with E-state index in [4.69, 9.17) is 9.47 Å². The zero-order valence-corrected chi connectivity index (χ0v) is 17.3. The van der Waals surface area contributed by atoms with Crippen LogP contribution in [0.3, 0.4) is 0 Å². The van der Waals surface area contributed by atoms with Crippen molar-refractivity contribution in [3.63, 3.8) is 0 Å². The summed E-state index contributed by atoms with van der Waals surface area (Å²) in [6.45, 7) is 4.93. The van der Waals surface area contributed by atoms with Crippen molar-refractivity contribution in [1.82, 2.24) is 9.62 Å². The predicted octanol–water partition coefficient (Wildman–Crippen LogP) is 3.69. The first-order valence-electron chi connectivity index (χ1n) is 10.6. The molecule has 1 saturated carbocycles. The summed E-state index contributed by atoms with van der Waals surface area (Å²) in [5, 5.41) is 0. The molecule has 0 radical (unpaired) electrons. The number of ether oxygens (including phenoxy) is 2. The van der Waals surface area contributed by atoms with Crippen LogP contribution in [0.25, 0.3) is 0 Å². The molecule has 2 atom stereocenters. The highest BCUT2D eigenvalue weighted by Gasteiger charge is 2.36. The van der Waals surface area contributed by atoms with E-state index in [0.717, 1.165) is 44.7 Å². The lowest BCUT2D eigenvalue weighted by atomic mass is 9.79. The molecule has 4 nitrogen and oxygen atoms in total. The van der Waals surface area contributed by atoms with E-state index < -0.39 is 0 Å². The van der Waals surface area contributed by atoms with Crippen LogP contribution in [0, 0.1) is 5.92 Å². The molecular weight excluding hydrogens is 356 g/mol. The molecule has 4 rings (SSSR count). The molecule has 0 bridgehead atoms. The van der Waals surface area contributed by atoms with Gasteiger partial charge >= 0.3 is 0 Å². The summed E-state index contributed by atoms with van der Waals surface area (Å²) in [7, 11) is 0. The zero-order valence-electron chi connectivity index (χ0n) is 16.5. The van der Waals surface area contributed by atoms with Crippen LogP contribution in [-0.4, -0.2) is 62.3 Å². The number of hydrogen-bond donors (Lipinski definition) is 1. The second-order valence-corrected chi connectivity index (χ2v) is 9.05. The van der Waals surface area contributed by atoms with Crippen LogP contribution in [0.2, 0.25) is 0 Å². The fraction of sp³-hybridized carbons (Fsp3) is 0.727. The minimum Gasteiger partial charge on any atom is -0.378 e. The van der Waals surface area contributed by atoms with Crippen LogP contribution in [0.5, 0.6) is 0 Å². The minimum atomic E-state index is 0.304. The topological polar surface area (TPSA) is 33.7 Å². The average molecular weight is 391 g/mol. The number of rotatable bonds is 7. The molecule has 27 heavy (non-hydrogen) atoms. The Kier molecular flexibility index (Phi) is 7.12. The summed E-state index contributed by atoms with van der Waals surface area (Å²) in [4.78, 5) is 2.58. The summed E-state index contributed by atoms with van der Waals surface area (Å²) in [6.07, 6.45) is 8.80. The SMILES string of the molecule is CSNC1CCN(C2COC2)CC1OC[C@H]1CC[C@@H](c2ccccc2)CC1. The highest BCUT2D eigenvalue weighted by Crippen LogP contribution is 2.36. The smallest absolute Gasteiger partial charge is 0.0864 e. The van der Waals surface area contributed by atoms with E-state index >= 15 is 0 Å². The molecule has 1 aliphatic carbocycles. The Balaban J connectivity index is 1.25. The van der Waals surface area contributed by atoms with E-state index in [1.165, 1.54) is 37.7 Å². The van der Waals surface area contributed by atoms with Gasteiger partial charge in [-0.15, -0.1) is 0 Å². The minimum absolute atomic E-state index is 0.304. The predicted molar refractivity (Wildman–Crippen MR) is 112 cm³/mol. The Morgan fingerprint density at radius 1 is 1.11 bits per heavy atom. The van der Waals surface area contributed by atoms with Crippen molar-refractivity contribution < 1.29 is 9.47 Å². The van der Waals surface area contributed by atoms with Crippen LogP contribution in [0.4, 0.5) is 0 Å². The molecule has 2 heterocycles. The number of hydrogen-bond acceptors (Lipinski definition) is 5. The molecule has 0 amide bonds. The van der Waals surface area contributed by atoms with Crippen LogP contribution < -0.4 is 4.72 Å². The van der Waals surface area contributed by atoms with Gasteiger partial charge in [-0.05, 0) is 55.8 Å². The molecule has 2 saturated heterocycles. The average Bonchev–Trinajstić information content (AvgIpc) is 2.68. The van der Waals surface area contributed by atoms with Gasteiger partial charge in [0.1, 0.15) is 0 Å². The zero-order chi connectivity index (χ0) is 18.5. The second-order valence-electron chi connectivity index (χ2n) is 8.40. The van der Waals surface area contributed by atoms with Gasteiger partial charge in [-0.3, -0.25) is 9.62 Å². The summed E-state index contributed by atoms with van der Waals surface area (Å²) in [5.74, 6) is 1.47. The van der Waals surface area contributed by atoms with Crippen LogP contribution >= 0.6 is 11.9 Å². The lowest BCUT2D eigenvalue weighted by Crippen LogP contribution is -2.59. The third kappa shape index (κ3) is 5.07. The maximum Gasteiger partial charge on any atom is 0.0864 e. The van der Waals surface area contributed by atoms with E-state index in [-0.39, 0.29) is 0 Å². The van der Waals surface area contributed by atoms with Crippen molar-refractivity contribution in [2.24, 2.45) is 5.92 Å². The Hall–Kier alpha value is -0.590. The molecule has 3 aliphatic rings. The van der Waals surface area contributed by atoms with Gasteiger partial charge in [0.2, 0.25) is 0 Å². The number of benzene rings is 1. The number of nitrogens with zero attached hydrogens (tertiary/aromatic N) is 1. The summed E-state index contributed by atoms with van der Waals surface area (Å²) >= 11 is 1.73. The van der Waals surface area contributed by atoms with Gasteiger partial charge in [0.05, 0.1) is 25.4 Å². The first-order chi connectivity index (χ1) is 13.3. The van der Waals surface area contributed by atoms with Crippen molar-refractivity contribution >= 4 is 11.9 Å². The maximum absolute atomic E-state index is 6.52. The van der Waals surface area contributed by atoms with Crippen molar-refractivity contribution in [2.45, 2.75) is 56.2 Å². The standard InChI is InChI=1S/C22H34N2O2S/c1-27-23-21-11-12-24(20-15-25-16-20)13-22(21)26-14-17-7-9-19(10-8-17)18-5-3-2-4-6-18/h2-6,17,19-23H,7-16H2,1H3/t17-,19+,21?,22?. The van der Waals surface area contributed by atoms with Crippen LogP contribution in [-0.2, 0) is 9.47 Å². The molecule has 5 heteroatoms. The maximum atomic E-state index is 6.52. The molecule has 1 aromatic rings. The van der Waals surface area contributed by atoms with Gasteiger partial charge in [-0.25, -0.2) is 0 Å². The molecule has 2 aliphatic heterocycles. The molecule has 3 fully saturated rings. The molecule has 0 aromatic heterocycles. The summed E-state index contributed by atoms with van der Waals surface area (Å²) in [5.41, 5.74) is 1.52. The van der Waals surface area contributed by atoms with Gasteiger partial charge in [-0.1, -0.05) is 42.3 Å². The van der Waals surface area contributed by atoms with E-state index in [1.54, 1.807) is 11.9 Å². The van der Waals surface area contributed by atoms with E-state index in [0.29, 0.717) is 18.2 Å². The number of piperidine rings is 1. The summed E-state index contributed by atoms with van der Waals surface area (Å²) in [6, 6.07) is 12.1. The quantitative estimate of drug-likeness (QED) is 0.718. The normalized spacial score (nSPS) is 32.9. The molecule has 1 aromatic carbocycles. The molecule has 150 valence electrons. The lowest BCUT2D eigenvalue weighted by Gasteiger charge is -2.45. The first-order valence-corrected chi connectivity index (χ1v) is 11.8. The van der Waals surface area contributed by atoms with Gasteiger partial charge in [0.25, 0.3) is 0 Å². The Morgan fingerprint density at radius 2 is 1.89 bits per heavy atom. The van der Waals surface area contributed by atoms with E-state index in [1.807, 2.05) is 0 Å². The second kappa shape index (κ2) is 9.75. The third-order valence-corrected chi connectivity index (χ3v) is 7.20. The third-order valence-electron chi connectivity index (χ3n) is 6.66. The Labute approximate surface area is 168 Å². The van der Waals surface area contributed by atoms with Crippen molar-refractivity contribution in [2.75, 3.05) is 39.2 Å². The molecule has 0 spiro atoms. The highest BCUT2D eigenvalue weighted by molar-refractivity contribution is 7.96. The highest BCUT2D eigenvalue weighted by atomic mass is 32.2. The molecular formula is C22H34N2O2S. The van der Waals surface area contributed by atoms with Gasteiger partial charge in [-0.2, -0.15) is 0 Å². The van der Waals surface area contributed by atoms with Gasteiger partial charge in [0, 0.05) is 25.7 Å². The van der Waals surface area contributed by atoms with Gasteiger partial charge < -0.3 is 9.47 Å². The first kappa shape index (κ1) is 19.7. The Bertz CT molecular complexity index is 561. The van der Waals surface area contributed by atoms with Crippen molar-refractivity contribution in [3.05, 3.63) is 35.9 Å². The fourth-order valence-electron chi connectivity index (χ4n) is 4.81. The van der Waals surface area contributed by atoms with Crippen molar-refractivity contribution in [3.8, 4) is 0 Å². The van der Waals surface area contributed by atoms with E-state index in [2.05, 4.69) is 46.2 Å². The summed E-state index contributed by atoms with van der Waals surface area (Å²) < 4.78 is 15.5. The molecule has 2 unspecified atom stereocenters. The largest absolute Gasteiger partial charge is 0.378 e. The Morgan fingerprint density at radius 3 is 2.56 bits per heavy atom. The fourth-order valence-corrected chi connectivity index (χ4v) is 5.38.